The Labute approximate surface area is 97.9 Å². The lowest BCUT2D eigenvalue weighted by Crippen LogP contribution is -2.45. The van der Waals surface area contributed by atoms with Gasteiger partial charge < -0.3 is 15.4 Å². The van der Waals surface area contributed by atoms with Crippen molar-refractivity contribution in [3.8, 4) is 0 Å². The van der Waals surface area contributed by atoms with Crippen LogP contribution in [0.2, 0.25) is 0 Å². The highest BCUT2D eigenvalue weighted by molar-refractivity contribution is 5.78. The molecule has 2 aliphatic rings. The van der Waals surface area contributed by atoms with E-state index < -0.39 is 0 Å². The molecule has 0 bridgehead atoms. The van der Waals surface area contributed by atoms with Gasteiger partial charge in [0.05, 0.1) is 13.2 Å². The number of nitrogens with two attached hydrogens (primary N) is 1. The molecular weight excluding hydrogens is 202 g/mol. The minimum Gasteiger partial charge on any atom is -0.378 e. The summed E-state index contributed by atoms with van der Waals surface area (Å²) in [5, 5.41) is 0. The summed E-state index contributed by atoms with van der Waals surface area (Å²) < 4.78 is 5.30. The normalized spacial score (nSPS) is 26.1. The van der Waals surface area contributed by atoms with E-state index >= 15 is 0 Å². The van der Waals surface area contributed by atoms with E-state index in [9.17, 15) is 0 Å². The summed E-state index contributed by atoms with van der Waals surface area (Å²) >= 11 is 0. The minimum absolute atomic E-state index is 0.400. The molecular formula is C12H23N3O. The van der Waals surface area contributed by atoms with E-state index in [1.807, 2.05) is 0 Å². The molecule has 1 aliphatic carbocycles. The molecule has 1 aliphatic heterocycles. The van der Waals surface area contributed by atoms with Crippen molar-refractivity contribution in [3.63, 3.8) is 0 Å². The van der Waals surface area contributed by atoms with Crippen LogP contribution < -0.4 is 5.73 Å². The van der Waals surface area contributed by atoms with Gasteiger partial charge in [-0.15, -0.1) is 0 Å². The lowest BCUT2D eigenvalue weighted by Gasteiger charge is -2.28. The zero-order chi connectivity index (χ0) is 11.4. The Bertz CT molecular complexity index is 253. The van der Waals surface area contributed by atoms with Gasteiger partial charge in [-0.1, -0.05) is 19.8 Å². The Morgan fingerprint density at radius 2 is 1.94 bits per heavy atom. The van der Waals surface area contributed by atoms with E-state index in [-0.39, 0.29) is 0 Å². The molecule has 2 N–H and O–H groups in total. The topological polar surface area (TPSA) is 50.8 Å². The number of aliphatic imine (C=N–C) groups is 1. The smallest absolute Gasteiger partial charge is 0.191 e. The molecule has 2 fully saturated rings. The third-order valence-corrected chi connectivity index (χ3v) is 3.77. The summed E-state index contributed by atoms with van der Waals surface area (Å²) in [6.45, 7) is 6.52. The fourth-order valence-electron chi connectivity index (χ4n) is 2.55. The van der Waals surface area contributed by atoms with Crippen LogP contribution in [0.15, 0.2) is 4.99 Å². The van der Waals surface area contributed by atoms with Gasteiger partial charge in [-0.2, -0.15) is 0 Å². The first-order valence-corrected chi connectivity index (χ1v) is 6.32. The van der Waals surface area contributed by atoms with Gasteiger partial charge in [0.2, 0.25) is 0 Å². The summed E-state index contributed by atoms with van der Waals surface area (Å²) in [4.78, 5) is 6.69. The van der Waals surface area contributed by atoms with Crippen molar-refractivity contribution in [1.82, 2.24) is 4.90 Å². The van der Waals surface area contributed by atoms with Crippen molar-refractivity contribution in [2.24, 2.45) is 16.1 Å². The predicted octanol–water partition coefficient (Wildman–Crippen LogP) is 1.21. The monoisotopic (exact) mass is 225 g/mol. The van der Waals surface area contributed by atoms with Gasteiger partial charge in [0.25, 0.3) is 0 Å². The first-order valence-electron chi connectivity index (χ1n) is 6.32. The van der Waals surface area contributed by atoms with Gasteiger partial charge in [-0.3, -0.25) is 4.99 Å². The standard InChI is InChI=1S/C12H23N3O/c1-12(4-2-3-5-12)10-14-11(13)15-6-8-16-9-7-15/h2-10H2,1H3,(H2,13,14). The Morgan fingerprint density at radius 1 is 1.31 bits per heavy atom. The summed E-state index contributed by atoms with van der Waals surface area (Å²) in [6, 6.07) is 0. The van der Waals surface area contributed by atoms with Gasteiger partial charge in [0, 0.05) is 19.6 Å². The number of hydrogen-bond donors (Lipinski definition) is 1. The second kappa shape index (κ2) is 5.04. The fraction of sp³-hybridized carbons (Fsp3) is 0.917. The van der Waals surface area contributed by atoms with Crippen molar-refractivity contribution < 1.29 is 4.74 Å². The number of ether oxygens (including phenoxy) is 1. The zero-order valence-corrected chi connectivity index (χ0v) is 10.2. The van der Waals surface area contributed by atoms with E-state index in [1.165, 1.54) is 25.7 Å². The second-order valence-electron chi connectivity index (χ2n) is 5.29. The summed E-state index contributed by atoms with van der Waals surface area (Å²) in [5.74, 6) is 0.705. The Hall–Kier alpha value is -0.770. The van der Waals surface area contributed by atoms with E-state index in [0.29, 0.717) is 11.4 Å². The molecule has 4 nitrogen and oxygen atoms in total. The fourth-order valence-corrected chi connectivity index (χ4v) is 2.55. The van der Waals surface area contributed by atoms with Crippen LogP contribution in [0.1, 0.15) is 32.6 Å². The second-order valence-corrected chi connectivity index (χ2v) is 5.29. The Morgan fingerprint density at radius 3 is 2.56 bits per heavy atom. The molecule has 1 saturated heterocycles. The molecule has 0 spiro atoms. The predicted molar refractivity (Wildman–Crippen MR) is 65.5 cm³/mol. The van der Waals surface area contributed by atoms with Crippen LogP contribution in [-0.2, 0) is 4.74 Å². The maximum atomic E-state index is 6.01. The number of morpholine rings is 1. The molecule has 0 aromatic heterocycles. The zero-order valence-electron chi connectivity index (χ0n) is 10.2. The van der Waals surface area contributed by atoms with Crippen LogP contribution in [0.5, 0.6) is 0 Å². The van der Waals surface area contributed by atoms with Crippen LogP contribution in [-0.4, -0.2) is 43.7 Å². The number of hydrogen-bond acceptors (Lipinski definition) is 2. The third-order valence-electron chi connectivity index (χ3n) is 3.77. The third kappa shape index (κ3) is 2.88. The maximum absolute atomic E-state index is 6.01. The first kappa shape index (κ1) is 11.7. The highest BCUT2D eigenvalue weighted by Crippen LogP contribution is 2.37. The average molecular weight is 225 g/mol. The molecule has 0 aromatic carbocycles. The van der Waals surface area contributed by atoms with E-state index in [2.05, 4.69) is 16.8 Å². The molecule has 92 valence electrons. The van der Waals surface area contributed by atoms with Gasteiger partial charge in [0.1, 0.15) is 0 Å². The van der Waals surface area contributed by atoms with Crippen molar-refractivity contribution in [2.75, 3.05) is 32.8 Å². The Balaban J connectivity index is 1.85. The highest BCUT2D eigenvalue weighted by atomic mass is 16.5. The number of nitrogens with zero attached hydrogens (tertiary/aromatic N) is 2. The molecule has 0 radical (unpaired) electrons. The molecule has 0 aromatic rings. The quantitative estimate of drug-likeness (QED) is 0.568. The molecule has 1 heterocycles. The molecule has 4 heteroatoms. The van der Waals surface area contributed by atoms with Gasteiger partial charge in [-0.05, 0) is 18.3 Å². The number of rotatable bonds is 2. The highest BCUT2D eigenvalue weighted by Gasteiger charge is 2.28. The molecule has 0 atom stereocenters. The van der Waals surface area contributed by atoms with Gasteiger partial charge >= 0.3 is 0 Å². The van der Waals surface area contributed by atoms with Crippen LogP contribution in [0.3, 0.4) is 0 Å². The molecule has 16 heavy (non-hydrogen) atoms. The summed E-state index contributed by atoms with van der Waals surface area (Å²) in [5.41, 5.74) is 6.41. The van der Waals surface area contributed by atoms with E-state index in [0.717, 1.165) is 32.8 Å². The largest absolute Gasteiger partial charge is 0.378 e. The maximum Gasteiger partial charge on any atom is 0.191 e. The van der Waals surface area contributed by atoms with Crippen molar-refractivity contribution >= 4 is 5.96 Å². The van der Waals surface area contributed by atoms with Crippen molar-refractivity contribution in [3.05, 3.63) is 0 Å². The van der Waals surface area contributed by atoms with E-state index in [1.54, 1.807) is 0 Å². The summed E-state index contributed by atoms with van der Waals surface area (Å²) in [6.07, 6.45) is 5.30. The molecule has 2 rings (SSSR count). The molecule has 0 unspecified atom stereocenters. The van der Waals surface area contributed by atoms with Crippen LogP contribution >= 0.6 is 0 Å². The summed E-state index contributed by atoms with van der Waals surface area (Å²) in [7, 11) is 0. The lowest BCUT2D eigenvalue weighted by molar-refractivity contribution is 0.0673. The van der Waals surface area contributed by atoms with Crippen LogP contribution in [0.4, 0.5) is 0 Å². The van der Waals surface area contributed by atoms with Crippen molar-refractivity contribution in [1.29, 1.82) is 0 Å². The van der Waals surface area contributed by atoms with Crippen molar-refractivity contribution in [2.45, 2.75) is 32.6 Å². The van der Waals surface area contributed by atoms with Gasteiger partial charge in [-0.25, -0.2) is 0 Å². The first-order chi connectivity index (χ1) is 7.70. The number of guanidine groups is 1. The molecule has 1 saturated carbocycles. The van der Waals surface area contributed by atoms with E-state index in [4.69, 9.17) is 10.5 Å². The van der Waals surface area contributed by atoms with Crippen LogP contribution in [0.25, 0.3) is 0 Å². The Kier molecular flexibility index (Phi) is 3.69. The van der Waals surface area contributed by atoms with Crippen LogP contribution in [0, 0.1) is 5.41 Å². The minimum atomic E-state index is 0.400. The molecule has 0 amide bonds. The average Bonchev–Trinajstić information content (AvgIpc) is 2.75. The SMILES string of the molecule is CC1(CN=C(N)N2CCOCC2)CCCC1. The van der Waals surface area contributed by atoms with Gasteiger partial charge in [0.15, 0.2) is 5.96 Å². The lowest BCUT2D eigenvalue weighted by atomic mass is 9.89.